The number of hydrogen-bond acceptors (Lipinski definition) is 4. The number of rotatable bonds is 6. The summed E-state index contributed by atoms with van der Waals surface area (Å²) >= 11 is 0. The zero-order valence-electron chi connectivity index (χ0n) is 11.2. The zero-order chi connectivity index (χ0) is 12.8. The van der Waals surface area contributed by atoms with E-state index in [-0.39, 0.29) is 0 Å². The van der Waals surface area contributed by atoms with Gasteiger partial charge < -0.3 is 15.0 Å². The summed E-state index contributed by atoms with van der Waals surface area (Å²) in [6.45, 7) is 4.27. The maximum absolute atomic E-state index is 5.75. The van der Waals surface area contributed by atoms with Gasteiger partial charge >= 0.3 is 0 Å². The van der Waals surface area contributed by atoms with Crippen LogP contribution in [0.2, 0.25) is 0 Å². The fourth-order valence-electron chi connectivity index (χ4n) is 2.40. The summed E-state index contributed by atoms with van der Waals surface area (Å²) in [7, 11) is 2.12. The molecule has 1 fully saturated rings. The SMILES string of the molecule is CN(Cc1cn(CCN)cn1)CC1CCCCO1. The monoisotopic (exact) mass is 252 g/mol. The third-order valence-electron chi connectivity index (χ3n) is 3.30. The molecule has 0 bridgehead atoms. The Kier molecular flexibility index (Phi) is 5.16. The lowest BCUT2D eigenvalue weighted by Gasteiger charge is -2.26. The van der Waals surface area contributed by atoms with E-state index < -0.39 is 0 Å². The van der Waals surface area contributed by atoms with E-state index in [2.05, 4.69) is 23.1 Å². The molecule has 2 rings (SSSR count). The summed E-state index contributed by atoms with van der Waals surface area (Å²) < 4.78 is 7.79. The van der Waals surface area contributed by atoms with Crippen molar-refractivity contribution in [3.05, 3.63) is 18.2 Å². The molecular formula is C13H24N4O. The second-order valence-electron chi connectivity index (χ2n) is 5.08. The van der Waals surface area contributed by atoms with Gasteiger partial charge in [0.25, 0.3) is 0 Å². The Bertz CT molecular complexity index is 347. The molecule has 2 heterocycles. The first kappa shape index (κ1) is 13.5. The zero-order valence-corrected chi connectivity index (χ0v) is 11.2. The molecule has 1 aromatic heterocycles. The maximum Gasteiger partial charge on any atom is 0.0950 e. The van der Waals surface area contributed by atoms with Crippen LogP contribution in [0.25, 0.3) is 0 Å². The second-order valence-corrected chi connectivity index (χ2v) is 5.08. The third-order valence-corrected chi connectivity index (χ3v) is 3.30. The van der Waals surface area contributed by atoms with Crippen molar-refractivity contribution in [2.75, 3.05) is 26.7 Å². The van der Waals surface area contributed by atoms with Gasteiger partial charge in [0.15, 0.2) is 0 Å². The molecule has 1 saturated heterocycles. The highest BCUT2D eigenvalue weighted by Crippen LogP contribution is 2.14. The topological polar surface area (TPSA) is 56.3 Å². The van der Waals surface area contributed by atoms with Crippen molar-refractivity contribution in [1.29, 1.82) is 0 Å². The van der Waals surface area contributed by atoms with Crippen LogP contribution in [-0.2, 0) is 17.8 Å². The minimum absolute atomic E-state index is 0.398. The predicted octanol–water partition coefficient (Wildman–Crippen LogP) is 0.843. The average Bonchev–Trinajstić information content (AvgIpc) is 2.78. The van der Waals surface area contributed by atoms with E-state index in [1.807, 2.05) is 10.9 Å². The van der Waals surface area contributed by atoms with Crippen molar-refractivity contribution in [2.45, 2.75) is 38.5 Å². The molecule has 2 N–H and O–H groups in total. The third kappa shape index (κ3) is 4.08. The van der Waals surface area contributed by atoms with E-state index >= 15 is 0 Å². The van der Waals surface area contributed by atoms with Gasteiger partial charge in [0.1, 0.15) is 0 Å². The van der Waals surface area contributed by atoms with Gasteiger partial charge in [-0.1, -0.05) is 0 Å². The molecule has 1 aromatic rings. The molecule has 1 atom stereocenters. The summed E-state index contributed by atoms with van der Waals surface area (Å²) in [6, 6.07) is 0. The lowest BCUT2D eigenvalue weighted by Crippen LogP contribution is -2.33. The molecule has 1 aliphatic rings. The summed E-state index contributed by atoms with van der Waals surface area (Å²) in [5.41, 5.74) is 6.62. The Balaban J connectivity index is 1.76. The number of nitrogens with two attached hydrogens (primary N) is 1. The molecule has 18 heavy (non-hydrogen) atoms. The first-order chi connectivity index (χ1) is 8.78. The van der Waals surface area contributed by atoms with Crippen molar-refractivity contribution < 1.29 is 4.74 Å². The van der Waals surface area contributed by atoms with E-state index in [9.17, 15) is 0 Å². The highest BCUT2D eigenvalue weighted by molar-refractivity contribution is 4.96. The molecule has 102 valence electrons. The number of nitrogens with zero attached hydrogens (tertiary/aromatic N) is 3. The summed E-state index contributed by atoms with van der Waals surface area (Å²) in [5.74, 6) is 0. The van der Waals surface area contributed by atoms with Gasteiger partial charge in [-0.3, -0.25) is 4.90 Å². The van der Waals surface area contributed by atoms with Crippen molar-refractivity contribution in [3.63, 3.8) is 0 Å². The normalized spacial score (nSPS) is 20.5. The first-order valence-electron chi connectivity index (χ1n) is 6.79. The Labute approximate surface area is 109 Å². The van der Waals surface area contributed by atoms with E-state index in [1.54, 1.807) is 0 Å². The highest BCUT2D eigenvalue weighted by Gasteiger charge is 2.16. The molecule has 5 nitrogen and oxygen atoms in total. The number of aromatic nitrogens is 2. The van der Waals surface area contributed by atoms with Crippen LogP contribution in [0.15, 0.2) is 12.5 Å². The Morgan fingerprint density at radius 2 is 2.44 bits per heavy atom. The van der Waals surface area contributed by atoms with Crippen LogP contribution >= 0.6 is 0 Å². The molecular weight excluding hydrogens is 228 g/mol. The van der Waals surface area contributed by atoms with Crippen LogP contribution in [0.4, 0.5) is 0 Å². The highest BCUT2D eigenvalue weighted by atomic mass is 16.5. The van der Waals surface area contributed by atoms with Gasteiger partial charge in [0.2, 0.25) is 0 Å². The van der Waals surface area contributed by atoms with Crippen LogP contribution < -0.4 is 5.73 Å². The minimum Gasteiger partial charge on any atom is -0.377 e. The molecule has 0 radical (unpaired) electrons. The van der Waals surface area contributed by atoms with Crippen molar-refractivity contribution >= 4 is 0 Å². The minimum atomic E-state index is 0.398. The van der Waals surface area contributed by atoms with Crippen LogP contribution in [0.3, 0.4) is 0 Å². The van der Waals surface area contributed by atoms with Crippen molar-refractivity contribution in [1.82, 2.24) is 14.5 Å². The van der Waals surface area contributed by atoms with Gasteiger partial charge in [-0.15, -0.1) is 0 Å². The van der Waals surface area contributed by atoms with Gasteiger partial charge in [-0.2, -0.15) is 0 Å². The maximum atomic E-state index is 5.75. The van der Waals surface area contributed by atoms with Gasteiger partial charge in [-0.25, -0.2) is 4.98 Å². The van der Waals surface area contributed by atoms with Gasteiger partial charge in [-0.05, 0) is 26.3 Å². The van der Waals surface area contributed by atoms with Gasteiger partial charge in [0, 0.05) is 39.0 Å². The summed E-state index contributed by atoms with van der Waals surface area (Å²) in [4.78, 5) is 6.68. The van der Waals surface area contributed by atoms with Crippen LogP contribution in [0.1, 0.15) is 25.0 Å². The fourth-order valence-corrected chi connectivity index (χ4v) is 2.40. The smallest absolute Gasteiger partial charge is 0.0950 e. The van der Waals surface area contributed by atoms with Crippen LogP contribution in [0.5, 0.6) is 0 Å². The number of likely N-dealkylation sites (N-methyl/N-ethyl adjacent to an activating group) is 1. The van der Waals surface area contributed by atoms with Crippen molar-refractivity contribution in [3.8, 4) is 0 Å². The molecule has 0 spiro atoms. The largest absolute Gasteiger partial charge is 0.377 e. The van der Waals surface area contributed by atoms with Gasteiger partial charge in [0.05, 0.1) is 18.1 Å². The molecule has 0 aliphatic carbocycles. The molecule has 0 amide bonds. The first-order valence-corrected chi connectivity index (χ1v) is 6.79. The van der Waals surface area contributed by atoms with E-state index in [1.165, 1.54) is 19.3 Å². The standard InChI is InChI=1S/C13H24N4O/c1-16(10-13-4-2-3-7-18-13)8-12-9-17(6-5-14)11-15-12/h9,11,13H,2-8,10,14H2,1H3. The summed E-state index contributed by atoms with van der Waals surface area (Å²) in [5, 5.41) is 0. The predicted molar refractivity (Wildman–Crippen MR) is 71.2 cm³/mol. The Morgan fingerprint density at radius 1 is 1.56 bits per heavy atom. The molecule has 1 aliphatic heterocycles. The molecule has 0 saturated carbocycles. The van der Waals surface area contributed by atoms with Crippen LogP contribution in [-0.4, -0.2) is 47.3 Å². The second kappa shape index (κ2) is 6.87. The number of imidazole rings is 1. The Morgan fingerprint density at radius 3 is 3.17 bits per heavy atom. The lowest BCUT2D eigenvalue weighted by molar-refractivity contribution is -0.00273. The Hall–Kier alpha value is -0.910. The van der Waals surface area contributed by atoms with E-state index in [0.29, 0.717) is 12.6 Å². The van der Waals surface area contributed by atoms with E-state index in [4.69, 9.17) is 10.5 Å². The summed E-state index contributed by atoms with van der Waals surface area (Å²) in [6.07, 6.45) is 8.02. The molecule has 5 heteroatoms. The van der Waals surface area contributed by atoms with Crippen LogP contribution in [0, 0.1) is 0 Å². The fraction of sp³-hybridized carbons (Fsp3) is 0.769. The average molecular weight is 252 g/mol. The quantitative estimate of drug-likeness (QED) is 0.815. The lowest BCUT2D eigenvalue weighted by atomic mass is 10.1. The molecule has 1 unspecified atom stereocenters. The van der Waals surface area contributed by atoms with Crippen molar-refractivity contribution in [2.24, 2.45) is 5.73 Å². The van der Waals surface area contributed by atoms with E-state index in [0.717, 1.165) is 31.9 Å². The number of hydrogen-bond donors (Lipinski definition) is 1. The molecule has 0 aromatic carbocycles. The number of ether oxygens (including phenoxy) is 1.